The standard InChI is InChI=1S/C29H33N3O5S/c1-19(2)16-23(30-29(35)26-17-21-6-4-5-7-25(21)38-26)28(34)31-24(18-32-12-14-37-15-13-32)27(33)20-8-10-22(36-3)11-9-20/h4-11,17-19,23H,12-16H2,1-3H3,(H,30,35)(H,31,34)/t23-/m0/s1. The van der Waals surface area contributed by atoms with Crippen LogP contribution in [0, 0.1) is 5.92 Å². The van der Waals surface area contributed by atoms with Gasteiger partial charge >= 0.3 is 0 Å². The normalized spacial score (nSPS) is 14.8. The summed E-state index contributed by atoms with van der Waals surface area (Å²) >= 11 is 1.38. The van der Waals surface area contributed by atoms with E-state index in [2.05, 4.69) is 10.6 Å². The minimum absolute atomic E-state index is 0.137. The van der Waals surface area contributed by atoms with Gasteiger partial charge in [0.05, 0.1) is 25.2 Å². The Hall–Kier alpha value is -3.69. The Kier molecular flexibility index (Phi) is 9.15. The van der Waals surface area contributed by atoms with Crippen LogP contribution >= 0.6 is 11.3 Å². The fourth-order valence-electron chi connectivity index (χ4n) is 4.18. The van der Waals surface area contributed by atoms with Crippen molar-refractivity contribution in [2.45, 2.75) is 26.3 Å². The summed E-state index contributed by atoms with van der Waals surface area (Å²) in [5, 5.41) is 6.71. The molecule has 3 aromatic rings. The zero-order valence-electron chi connectivity index (χ0n) is 21.9. The molecule has 0 saturated carbocycles. The highest BCUT2D eigenvalue weighted by Crippen LogP contribution is 2.25. The molecule has 2 amide bonds. The number of fused-ring (bicyclic) bond motifs is 1. The lowest BCUT2D eigenvalue weighted by atomic mass is 10.0. The predicted molar refractivity (Wildman–Crippen MR) is 148 cm³/mol. The van der Waals surface area contributed by atoms with Crippen LogP contribution in [0.15, 0.2) is 66.5 Å². The van der Waals surface area contributed by atoms with Crippen LogP contribution in [-0.4, -0.2) is 62.0 Å². The van der Waals surface area contributed by atoms with Crippen LogP contribution in [0.25, 0.3) is 10.1 Å². The van der Waals surface area contributed by atoms with Gasteiger partial charge in [0, 0.05) is 29.6 Å². The lowest BCUT2D eigenvalue weighted by molar-refractivity contribution is -0.122. The van der Waals surface area contributed by atoms with Crippen molar-refractivity contribution in [3.8, 4) is 5.75 Å². The van der Waals surface area contributed by atoms with Crippen molar-refractivity contribution in [1.82, 2.24) is 15.5 Å². The molecule has 0 aliphatic carbocycles. The van der Waals surface area contributed by atoms with Crippen LogP contribution < -0.4 is 15.4 Å². The number of morpholine rings is 1. The van der Waals surface area contributed by atoms with E-state index in [0.717, 1.165) is 10.1 Å². The van der Waals surface area contributed by atoms with E-state index in [0.29, 0.717) is 48.9 Å². The van der Waals surface area contributed by atoms with Gasteiger partial charge < -0.3 is 25.0 Å². The Morgan fingerprint density at radius 1 is 1.08 bits per heavy atom. The third-order valence-corrected chi connectivity index (χ3v) is 7.31. The molecule has 38 heavy (non-hydrogen) atoms. The van der Waals surface area contributed by atoms with Gasteiger partial charge in [-0.3, -0.25) is 14.4 Å². The number of hydrogen-bond donors (Lipinski definition) is 2. The van der Waals surface area contributed by atoms with E-state index in [-0.39, 0.29) is 23.3 Å². The third-order valence-electron chi connectivity index (χ3n) is 6.19. The Morgan fingerprint density at radius 3 is 2.45 bits per heavy atom. The summed E-state index contributed by atoms with van der Waals surface area (Å²) in [6, 6.07) is 15.5. The molecular weight excluding hydrogens is 502 g/mol. The number of benzene rings is 2. The molecule has 1 aliphatic rings. The van der Waals surface area contributed by atoms with E-state index in [9.17, 15) is 14.4 Å². The van der Waals surface area contributed by atoms with Crippen LogP contribution in [0.3, 0.4) is 0 Å². The molecule has 1 saturated heterocycles. The Morgan fingerprint density at radius 2 is 1.79 bits per heavy atom. The summed E-state index contributed by atoms with van der Waals surface area (Å²) in [4.78, 5) is 42.6. The molecule has 0 unspecified atom stereocenters. The van der Waals surface area contributed by atoms with Crippen LogP contribution in [0.5, 0.6) is 5.75 Å². The molecule has 9 heteroatoms. The fourth-order valence-corrected chi connectivity index (χ4v) is 5.15. The van der Waals surface area contributed by atoms with Crippen molar-refractivity contribution < 1.29 is 23.9 Å². The van der Waals surface area contributed by atoms with E-state index >= 15 is 0 Å². The number of carbonyl (C=O) groups is 3. The molecular formula is C29H33N3O5S. The lowest BCUT2D eigenvalue weighted by Crippen LogP contribution is -2.48. The van der Waals surface area contributed by atoms with Crippen molar-refractivity contribution in [2.75, 3.05) is 33.4 Å². The van der Waals surface area contributed by atoms with Gasteiger partial charge in [-0.25, -0.2) is 0 Å². The smallest absolute Gasteiger partial charge is 0.262 e. The van der Waals surface area contributed by atoms with E-state index < -0.39 is 11.9 Å². The maximum atomic E-state index is 13.5. The summed E-state index contributed by atoms with van der Waals surface area (Å²) in [6.45, 7) is 6.25. The lowest BCUT2D eigenvalue weighted by Gasteiger charge is -2.27. The Bertz CT molecular complexity index is 1280. The molecule has 200 valence electrons. The second kappa shape index (κ2) is 12.7. The molecule has 1 aliphatic heterocycles. The average molecular weight is 536 g/mol. The van der Waals surface area contributed by atoms with Gasteiger partial charge in [-0.05, 0) is 54.1 Å². The summed E-state index contributed by atoms with van der Waals surface area (Å²) in [5.74, 6) is -0.309. The van der Waals surface area contributed by atoms with E-state index in [1.54, 1.807) is 37.6 Å². The first-order valence-corrected chi connectivity index (χ1v) is 13.5. The monoisotopic (exact) mass is 535 g/mol. The summed E-state index contributed by atoms with van der Waals surface area (Å²) < 4.78 is 11.6. The van der Waals surface area contributed by atoms with Gasteiger partial charge in [-0.15, -0.1) is 11.3 Å². The number of allylic oxidation sites excluding steroid dienone is 1. The summed E-state index contributed by atoms with van der Waals surface area (Å²) in [7, 11) is 1.56. The predicted octanol–water partition coefficient (Wildman–Crippen LogP) is 4.23. The number of Topliss-reactive ketones (excluding diaryl/α,β-unsaturated/α-hetero) is 1. The number of thiophene rings is 1. The zero-order valence-corrected chi connectivity index (χ0v) is 22.7. The molecule has 0 radical (unpaired) electrons. The quantitative estimate of drug-likeness (QED) is 0.298. The molecule has 2 heterocycles. The number of nitrogens with one attached hydrogen (secondary N) is 2. The van der Waals surface area contributed by atoms with Crippen molar-refractivity contribution in [3.05, 3.63) is 76.9 Å². The highest BCUT2D eigenvalue weighted by atomic mass is 32.1. The number of rotatable bonds is 10. The van der Waals surface area contributed by atoms with Crippen molar-refractivity contribution in [1.29, 1.82) is 0 Å². The van der Waals surface area contributed by atoms with Gasteiger partial charge in [-0.2, -0.15) is 0 Å². The average Bonchev–Trinajstić information content (AvgIpc) is 3.37. The highest BCUT2D eigenvalue weighted by molar-refractivity contribution is 7.20. The van der Waals surface area contributed by atoms with Gasteiger partial charge in [0.15, 0.2) is 0 Å². The minimum atomic E-state index is -0.815. The number of carbonyl (C=O) groups excluding carboxylic acids is 3. The van der Waals surface area contributed by atoms with E-state index in [1.165, 1.54) is 11.3 Å². The van der Waals surface area contributed by atoms with Crippen molar-refractivity contribution in [2.24, 2.45) is 5.92 Å². The molecule has 1 atom stereocenters. The van der Waals surface area contributed by atoms with Gasteiger partial charge in [-0.1, -0.05) is 32.0 Å². The maximum Gasteiger partial charge on any atom is 0.262 e. The number of hydrogen-bond acceptors (Lipinski definition) is 7. The number of ether oxygens (including phenoxy) is 2. The largest absolute Gasteiger partial charge is 0.497 e. The molecule has 8 nitrogen and oxygen atoms in total. The van der Waals surface area contributed by atoms with Gasteiger partial charge in [0.2, 0.25) is 11.7 Å². The number of methoxy groups -OCH3 is 1. The van der Waals surface area contributed by atoms with Crippen LogP contribution in [0.1, 0.15) is 40.3 Å². The van der Waals surface area contributed by atoms with E-state index in [1.807, 2.05) is 49.1 Å². The van der Waals surface area contributed by atoms with Crippen LogP contribution in [0.2, 0.25) is 0 Å². The number of nitrogens with zero attached hydrogens (tertiary/aromatic N) is 1. The second-order valence-corrected chi connectivity index (χ2v) is 10.6. The first kappa shape index (κ1) is 27.3. The zero-order chi connectivity index (χ0) is 27.1. The maximum absolute atomic E-state index is 13.5. The molecule has 2 aromatic carbocycles. The van der Waals surface area contributed by atoms with Crippen molar-refractivity contribution in [3.63, 3.8) is 0 Å². The van der Waals surface area contributed by atoms with Gasteiger partial charge in [0.25, 0.3) is 5.91 Å². The van der Waals surface area contributed by atoms with Crippen LogP contribution in [-0.2, 0) is 9.53 Å². The number of amides is 2. The fraction of sp³-hybridized carbons (Fsp3) is 0.345. The molecule has 4 rings (SSSR count). The minimum Gasteiger partial charge on any atom is -0.497 e. The molecule has 1 aromatic heterocycles. The molecule has 1 fully saturated rings. The molecule has 0 bridgehead atoms. The third kappa shape index (κ3) is 6.99. The molecule has 0 spiro atoms. The van der Waals surface area contributed by atoms with Crippen LogP contribution in [0.4, 0.5) is 0 Å². The second-order valence-electron chi connectivity index (χ2n) is 9.54. The topological polar surface area (TPSA) is 97.0 Å². The first-order chi connectivity index (χ1) is 18.3. The summed E-state index contributed by atoms with van der Waals surface area (Å²) in [6.07, 6.45) is 2.09. The van der Waals surface area contributed by atoms with Crippen molar-refractivity contribution >= 4 is 39.0 Å². The number of ketones is 1. The Balaban J connectivity index is 1.56. The summed E-state index contributed by atoms with van der Waals surface area (Å²) in [5.41, 5.74) is 0.562. The van der Waals surface area contributed by atoms with E-state index in [4.69, 9.17) is 9.47 Å². The SMILES string of the molecule is COc1ccc(C(=O)C(=CN2CCOCC2)NC(=O)[C@H](CC(C)C)NC(=O)c2cc3ccccc3s2)cc1. The Labute approximate surface area is 226 Å². The highest BCUT2D eigenvalue weighted by Gasteiger charge is 2.26. The first-order valence-electron chi connectivity index (χ1n) is 12.7. The molecule has 2 N–H and O–H groups in total. The van der Waals surface area contributed by atoms with Gasteiger partial charge in [0.1, 0.15) is 17.5 Å².